The molecule has 1 amide bonds. The van der Waals surface area contributed by atoms with E-state index in [-0.39, 0.29) is 29.9 Å². The van der Waals surface area contributed by atoms with E-state index in [1.807, 2.05) is 32.0 Å². The Bertz CT molecular complexity index is 992. The lowest BCUT2D eigenvalue weighted by Gasteiger charge is -2.27. The minimum Gasteiger partial charge on any atom is -0.494 e. The van der Waals surface area contributed by atoms with Crippen LogP contribution in [0.2, 0.25) is 0 Å². The average Bonchev–Trinajstić information content (AvgIpc) is 3.01. The zero-order valence-electron chi connectivity index (χ0n) is 16.8. The van der Waals surface area contributed by atoms with Crippen LogP contribution in [0, 0.1) is 0 Å². The molecule has 1 atom stereocenters. The number of hydrogen-bond acceptors (Lipinski definition) is 4. The Labute approximate surface area is 180 Å². The number of rotatable bonds is 7. The summed E-state index contributed by atoms with van der Waals surface area (Å²) < 4.78 is 33.7. The maximum Gasteiger partial charge on any atom is 0.243 e. The van der Waals surface area contributed by atoms with Gasteiger partial charge in [-0.1, -0.05) is 22.9 Å². The zero-order valence-corrected chi connectivity index (χ0v) is 19.2. The number of nitrogens with zero attached hydrogens (tertiary/aromatic N) is 2. The van der Waals surface area contributed by atoms with Crippen LogP contribution in [0.15, 0.2) is 51.8 Å². The van der Waals surface area contributed by atoms with Crippen LogP contribution in [0.3, 0.4) is 0 Å². The third kappa shape index (κ3) is 4.49. The molecule has 0 saturated carbocycles. The van der Waals surface area contributed by atoms with Crippen molar-refractivity contribution in [2.75, 3.05) is 24.6 Å². The monoisotopic (exact) mass is 480 g/mol. The van der Waals surface area contributed by atoms with Gasteiger partial charge in [0.2, 0.25) is 15.9 Å². The SMILES string of the molecule is CCOc1ccc(S(=O)(=O)N(CC)CC(=O)N2c3ccc(Br)cc3CC2C)cc1. The van der Waals surface area contributed by atoms with Crippen molar-refractivity contribution in [2.45, 2.75) is 38.1 Å². The summed E-state index contributed by atoms with van der Waals surface area (Å²) in [6, 6.07) is 12.1. The van der Waals surface area contributed by atoms with Gasteiger partial charge in [0.1, 0.15) is 5.75 Å². The first-order chi connectivity index (χ1) is 13.8. The van der Waals surface area contributed by atoms with E-state index in [2.05, 4.69) is 15.9 Å². The van der Waals surface area contributed by atoms with Crippen molar-refractivity contribution in [3.8, 4) is 5.75 Å². The summed E-state index contributed by atoms with van der Waals surface area (Å²) in [7, 11) is -3.79. The molecule has 1 heterocycles. The molecule has 2 aromatic carbocycles. The van der Waals surface area contributed by atoms with Gasteiger partial charge < -0.3 is 9.64 Å². The van der Waals surface area contributed by atoms with Crippen LogP contribution in [0.1, 0.15) is 26.3 Å². The highest BCUT2D eigenvalue weighted by atomic mass is 79.9. The van der Waals surface area contributed by atoms with E-state index in [4.69, 9.17) is 4.74 Å². The molecule has 0 spiro atoms. The lowest BCUT2D eigenvalue weighted by molar-refractivity contribution is -0.119. The summed E-state index contributed by atoms with van der Waals surface area (Å²) in [5, 5.41) is 0. The Morgan fingerprint density at radius 2 is 1.90 bits per heavy atom. The Balaban J connectivity index is 1.81. The summed E-state index contributed by atoms with van der Waals surface area (Å²) >= 11 is 3.46. The molecule has 156 valence electrons. The first-order valence-electron chi connectivity index (χ1n) is 9.61. The number of hydrogen-bond donors (Lipinski definition) is 0. The topological polar surface area (TPSA) is 66.9 Å². The molecule has 2 aromatic rings. The number of fused-ring (bicyclic) bond motifs is 1. The van der Waals surface area contributed by atoms with Gasteiger partial charge in [-0.15, -0.1) is 0 Å². The number of sulfonamides is 1. The Morgan fingerprint density at radius 1 is 1.21 bits per heavy atom. The number of amides is 1. The highest BCUT2D eigenvalue weighted by Crippen LogP contribution is 2.34. The summed E-state index contributed by atoms with van der Waals surface area (Å²) in [4.78, 5) is 14.9. The van der Waals surface area contributed by atoms with Crippen LogP contribution in [-0.4, -0.2) is 44.4 Å². The fourth-order valence-electron chi connectivity index (χ4n) is 3.60. The van der Waals surface area contributed by atoms with Gasteiger partial charge in [0.25, 0.3) is 0 Å². The largest absolute Gasteiger partial charge is 0.494 e. The fraction of sp³-hybridized carbons (Fsp3) is 0.381. The molecule has 1 aliphatic rings. The number of likely N-dealkylation sites (N-methyl/N-ethyl adjacent to an activating group) is 1. The normalized spacial score (nSPS) is 16.2. The lowest BCUT2D eigenvalue weighted by atomic mass is 10.1. The van der Waals surface area contributed by atoms with E-state index >= 15 is 0 Å². The maximum atomic E-state index is 13.1. The van der Waals surface area contributed by atoms with Gasteiger partial charge in [0, 0.05) is 22.7 Å². The predicted molar refractivity (Wildman–Crippen MR) is 117 cm³/mol. The van der Waals surface area contributed by atoms with Gasteiger partial charge in [-0.05, 0) is 68.3 Å². The van der Waals surface area contributed by atoms with Crippen molar-refractivity contribution < 1.29 is 17.9 Å². The number of carbonyl (C=O) groups is 1. The first kappa shape index (κ1) is 21.8. The molecule has 0 bridgehead atoms. The Kier molecular flexibility index (Phi) is 6.65. The molecule has 0 aliphatic carbocycles. The second-order valence-electron chi connectivity index (χ2n) is 6.93. The second-order valence-corrected chi connectivity index (χ2v) is 9.78. The van der Waals surface area contributed by atoms with Crippen LogP contribution < -0.4 is 9.64 Å². The number of carbonyl (C=O) groups excluding carboxylic acids is 1. The van der Waals surface area contributed by atoms with Gasteiger partial charge >= 0.3 is 0 Å². The third-order valence-electron chi connectivity index (χ3n) is 4.96. The second kappa shape index (κ2) is 8.85. The van der Waals surface area contributed by atoms with Crippen LogP contribution in [0.25, 0.3) is 0 Å². The number of ether oxygens (including phenoxy) is 1. The smallest absolute Gasteiger partial charge is 0.243 e. The van der Waals surface area contributed by atoms with Crippen LogP contribution >= 0.6 is 15.9 Å². The van der Waals surface area contributed by atoms with Crippen molar-refractivity contribution >= 4 is 37.5 Å². The molecule has 3 rings (SSSR count). The van der Waals surface area contributed by atoms with Gasteiger partial charge in [-0.25, -0.2) is 8.42 Å². The molecule has 0 saturated heterocycles. The Hall–Kier alpha value is -1.90. The van der Waals surface area contributed by atoms with Gasteiger partial charge in [-0.2, -0.15) is 4.31 Å². The maximum absolute atomic E-state index is 13.1. The quantitative estimate of drug-likeness (QED) is 0.603. The summed E-state index contributed by atoms with van der Waals surface area (Å²) in [6.45, 7) is 6.09. The van der Waals surface area contributed by atoms with Crippen molar-refractivity contribution in [1.29, 1.82) is 0 Å². The lowest BCUT2D eigenvalue weighted by Crippen LogP contribution is -2.45. The highest BCUT2D eigenvalue weighted by molar-refractivity contribution is 9.10. The van der Waals surface area contributed by atoms with Gasteiger partial charge in [0.05, 0.1) is 18.0 Å². The minimum absolute atomic E-state index is 0.0151. The Morgan fingerprint density at radius 3 is 2.52 bits per heavy atom. The summed E-state index contributed by atoms with van der Waals surface area (Å²) in [5.41, 5.74) is 1.93. The third-order valence-corrected chi connectivity index (χ3v) is 7.39. The molecular formula is C21H25BrN2O4S. The predicted octanol–water partition coefficient (Wildman–Crippen LogP) is 3.84. The van der Waals surface area contributed by atoms with Crippen molar-refractivity contribution in [1.82, 2.24) is 4.31 Å². The van der Waals surface area contributed by atoms with Crippen LogP contribution in [-0.2, 0) is 21.2 Å². The van der Waals surface area contributed by atoms with E-state index < -0.39 is 10.0 Å². The van der Waals surface area contributed by atoms with Crippen molar-refractivity contribution in [2.24, 2.45) is 0 Å². The molecule has 1 aliphatic heterocycles. The van der Waals surface area contributed by atoms with E-state index in [1.54, 1.807) is 24.0 Å². The number of halogens is 1. The highest BCUT2D eigenvalue weighted by Gasteiger charge is 2.34. The number of anilines is 1. The average molecular weight is 481 g/mol. The molecule has 0 fully saturated rings. The molecule has 29 heavy (non-hydrogen) atoms. The van der Waals surface area contributed by atoms with E-state index in [9.17, 15) is 13.2 Å². The molecule has 1 unspecified atom stereocenters. The van der Waals surface area contributed by atoms with E-state index in [1.165, 1.54) is 16.4 Å². The summed E-state index contributed by atoms with van der Waals surface area (Å²) in [5.74, 6) is 0.383. The van der Waals surface area contributed by atoms with E-state index in [0.717, 1.165) is 22.1 Å². The molecule has 0 N–H and O–H groups in total. The molecule has 0 radical (unpaired) electrons. The molecule has 0 aromatic heterocycles. The zero-order chi connectivity index (χ0) is 21.2. The number of benzene rings is 2. The molecule has 8 heteroatoms. The van der Waals surface area contributed by atoms with Crippen LogP contribution in [0.4, 0.5) is 5.69 Å². The fourth-order valence-corrected chi connectivity index (χ4v) is 5.40. The van der Waals surface area contributed by atoms with Gasteiger partial charge in [-0.3, -0.25) is 4.79 Å². The van der Waals surface area contributed by atoms with Crippen LogP contribution in [0.5, 0.6) is 5.75 Å². The van der Waals surface area contributed by atoms with E-state index in [0.29, 0.717) is 12.4 Å². The van der Waals surface area contributed by atoms with Gasteiger partial charge in [0.15, 0.2) is 0 Å². The molecular weight excluding hydrogens is 456 g/mol. The summed E-state index contributed by atoms with van der Waals surface area (Å²) in [6.07, 6.45) is 0.748. The van der Waals surface area contributed by atoms with Crippen molar-refractivity contribution in [3.05, 3.63) is 52.5 Å². The standard InChI is InChI=1S/C21H25BrN2O4S/c1-4-23(29(26,27)19-9-7-18(8-10-19)28-5-2)14-21(25)24-15(3)12-16-13-17(22)6-11-20(16)24/h6-11,13,15H,4-5,12,14H2,1-3H3. The molecule has 6 nitrogen and oxygen atoms in total. The minimum atomic E-state index is -3.79. The van der Waals surface area contributed by atoms with Crippen molar-refractivity contribution in [3.63, 3.8) is 0 Å². The first-order valence-corrected chi connectivity index (χ1v) is 11.8.